The van der Waals surface area contributed by atoms with Crippen LogP contribution in [-0.4, -0.2) is 16.6 Å². The van der Waals surface area contributed by atoms with Gasteiger partial charge in [0.15, 0.2) is 0 Å². The molecule has 104 valence electrons. The number of nitrogens with one attached hydrogen (secondary N) is 1. The summed E-state index contributed by atoms with van der Waals surface area (Å²) < 4.78 is 0.932. The van der Waals surface area contributed by atoms with E-state index < -0.39 is 0 Å². The average Bonchev–Trinajstić information content (AvgIpc) is 2.37. The molecule has 2 aromatic rings. The van der Waals surface area contributed by atoms with Crippen LogP contribution in [0.1, 0.15) is 11.1 Å². The molecule has 1 aromatic carbocycles. The van der Waals surface area contributed by atoms with E-state index in [0.717, 1.165) is 26.3 Å². The lowest BCUT2D eigenvalue weighted by Gasteiger charge is -2.07. The number of benzene rings is 1. The molecule has 1 heterocycles. The van der Waals surface area contributed by atoms with Crippen LogP contribution in [0.15, 0.2) is 46.0 Å². The van der Waals surface area contributed by atoms with Gasteiger partial charge in [-0.05, 0) is 65.2 Å². The van der Waals surface area contributed by atoms with Crippen LogP contribution in [0.5, 0.6) is 0 Å². The summed E-state index contributed by atoms with van der Waals surface area (Å²) in [5, 5.41) is 3.75. The van der Waals surface area contributed by atoms with Crippen LogP contribution in [0.4, 0.5) is 5.69 Å². The first-order valence-electron chi connectivity index (χ1n) is 6.15. The van der Waals surface area contributed by atoms with E-state index >= 15 is 0 Å². The first-order valence-corrected chi connectivity index (χ1v) is 7.93. The first kappa shape index (κ1) is 15.1. The van der Waals surface area contributed by atoms with Crippen LogP contribution in [0.3, 0.4) is 0 Å². The maximum Gasteiger partial charge on any atom is 0.234 e. The Morgan fingerprint density at radius 3 is 2.55 bits per heavy atom. The van der Waals surface area contributed by atoms with Crippen molar-refractivity contribution in [2.24, 2.45) is 0 Å². The number of rotatable bonds is 4. The molecular weight excluding hydrogens is 336 g/mol. The number of hydrogen-bond acceptors (Lipinski definition) is 3. The second kappa shape index (κ2) is 6.90. The van der Waals surface area contributed by atoms with Crippen LogP contribution in [0.2, 0.25) is 0 Å². The minimum absolute atomic E-state index is 0.0234. The third kappa shape index (κ3) is 4.65. The second-order valence-corrected chi connectivity index (χ2v) is 6.44. The highest BCUT2D eigenvalue weighted by atomic mass is 79.9. The molecule has 0 aliphatic heterocycles. The first-order chi connectivity index (χ1) is 9.52. The summed E-state index contributed by atoms with van der Waals surface area (Å²) in [6.45, 7) is 4.03. The van der Waals surface area contributed by atoms with Crippen molar-refractivity contribution < 1.29 is 4.79 Å². The van der Waals surface area contributed by atoms with Crippen LogP contribution in [0.25, 0.3) is 0 Å². The van der Waals surface area contributed by atoms with Gasteiger partial charge in [0, 0.05) is 16.4 Å². The predicted molar refractivity (Wildman–Crippen MR) is 87.2 cm³/mol. The number of anilines is 1. The minimum Gasteiger partial charge on any atom is -0.325 e. The molecule has 0 fully saturated rings. The largest absolute Gasteiger partial charge is 0.325 e. The molecule has 0 aliphatic carbocycles. The Kier molecular flexibility index (Phi) is 5.20. The fourth-order valence-electron chi connectivity index (χ4n) is 1.83. The summed E-state index contributed by atoms with van der Waals surface area (Å²) in [4.78, 5) is 16.1. The summed E-state index contributed by atoms with van der Waals surface area (Å²) in [5.41, 5.74) is 3.13. The van der Waals surface area contributed by atoms with Gasteiger partial charge in [-0.1, -0.05) is 17.8 Å². The van der Waals surface area contributed by atoms with E-state index in [1.165, 1.54) is 11.8 Å². The lowest BCUT2D eigenvalue weighted by atomic mass is 10.1. The van der Waals surface area contributed by atoms with Crippen LogP contribution in [0, 0.1) is 13.8 Å². The zero-order valence-corrected chi connectivity index (χ0v) is 13.7. The number of carbonyl (C=O) groups excluding carboxylic acids is 1. The van der Waals surface area contributed by atoms with Gasteiger partial charge in [0.2, 0.25) is 5.91 Å². The van der Waals surface area contributed by atoms with Crippen molar-refractivity contribution in [2.45, 2.75) is 18.9 Å². The monoisotopic (exact) mass is 350 g/mol. The lowest BCUT2D eigenvalue weighted by molar-refractivity contribution is -0.113. The lowest BCUT2D eigenvalue weighted by Crippen LogP contribution is -2.14. The standard InChI is InChI=1S/C15H15BrN2OS/c1-10-5-11(2)7-13(6-10)18-14(19)9-20-15-4-3-12(16)8-17-15/h3-8H,9H2,1-2H3,(H,18,19). The third-order valence-corrected chi connectivity index (χ3v) is 3.97. The highest BCUT2D eigenvalue weighted by molar-refractivity contribution is 9.10. The van der Waals surface area contributed by atoms with Crippen molar-refractivity contribution in [2.75, 3.05) is 11.1 Å². The highest BCUT2D eigenvalue weighted by Crippen LogP contribution is 2.18. The molecule has 0 saturated carbocycles. The Labute approximate surface area is 131 Å². The summed E-state index contributed by atoms with van der Waals surface area (Å²) in [5.74, 6) is 0.325. The van der Waals surface area contributed by atoms with Gasteiger partial charge in [0.05, 0.1) is 10.8 Å². The van der Waals surface area contributed by atoms with Gasteiger partial charge >= 0.3 is 0 Å². The molecule has 0 radical (unpaired) electrons. The average molecular weight is 351 g/mol. The number of carbonyl (C=O) groups is 1. The number of pyridine rings is 1. The summed E-state index contributed by atoms with van der Waals surface area (Å²) in [6.07, 6.45) is 1.73. The molecule has 5 heteroatoms. The summed E-state index contributed by atoms with van der Waals surface area (Å²) in [7, 11) is 0. The highest BCUT2D eigenvalue weighted by Gasteiger charge is 2.05. The van der Waals surface area contributed by atoms with Gasteiger partial charge in [0.1, 0.15) is 0 Å². The molecule has 2 rings (SSSR count). The van der Waals surface area contributed by atoms with Gasteiger partial charge in [-0.15, -0.1) is 0 Å². The van der Waals surface area contributed by atoms with E-state index in [-0.39, 0.29) is 5.91 Å². The van der Waals surface area contributed by atoms with Crippen molar-refractivity contribution in [1.29, 1.82) is 0 Å². The van der Waals surface area contributed by atoms with Gasteiger partial charge in [-0.25, -0.2) is 4.98 Å². The molecule has 1 aromatic heterocycles. The molecule has 3 nitrogen and oxygen atoms in total. The van der Waals surface area contributed by atoms with E-state index in [0.29, 0.717) is 5.75 Å². The minimum atomic E-state index is -0.0234. The van der Waals surface area contributed by atoms with Gasteiger partial charge in [-0.3, -0.25) is 4.79 Å². The zero-order valence-electron chi connectivity index (χ0n) is 11.3. The molecular formula is C15H15BrN2OS. The smallest absolute Gasteiger partial charge is 0.234 e. The van der Waals surface area contributed by atoms with Gasteiger partial charge in [0.25, 0.3) is 0 Å². The van der Waals surface area contributed by atoms with Crippen molar-refractivity contribution in [3.8, 4) is 0 Å². The van der Waals surface area contributed by atoms with Crippen LogP contribution < -0.4 is 5.32 Å². The Morgan fingerprint density at radius 2 is 1.95 bits per heavy atom. The molecule has 0 spiro atoms. The zero-order chi connectivity index (χ0) is 14.5. The van der Waals surface area contributed by atoms with Gasteiger partial charge < -0.3 is 5.32 Å². The van der Waals surface area contributed by atoms with Crippen molar-refractivity contribution in [3.05, 3.63) is 52.1 Å². The number of amides is 1. The Bertz CT molecular complexity index is 594. The van der Waals surface area contributed by atoms with E-state index in [1.54, 1.807) is 6.20 Å². The fraction of sp³-hybridized carbons (Fsp3) is 0.200. The van der Waals surface area contributed by atoms with E-state index in [2.05, 4.69) is 32.3 Å². The summed E-state index contributed by atoms with van der Waals surface area (Å²) in [6, 6.07) is 9.81. The number of aryl methyl sites for hydroxylation is 2. The molecule has 0 saturated heterocycles. The number of nitrogens with zero attached hydrogens (tertiary/aromatic N) is 1. The fourth-order valence-corrected chi connectivity index (χ4v) is 2.71. The predicted octanol–water partition coefficient (Wildman–Crippen LogP) is 4.19. The normalized spacial score (nSPS) is 10.3. The maximum absolute atomic E-state index is 11.9. The molecule has 0 unspecified atom stereocenters. The molecule has 20 heavy (non-hydrogen) atoms. The van der Waals surface area contributed by atoms with Gasteiger partial charge in [-0.2, -0.15) is 0 Å². The molecule has 1 N–H and O–H groups in total. The quantitative estimate of drug-likeness (QED) is 0.840. The molecule has 0 atom stereocenters. The van der Waals surface area contributed by atoms with E-state index in [9.17, 15) is 4.79 Å². The Hall–Kier alpha value is -1.33. The number of halogens is 1. The SMILES string of the molecule is Cc1cc(C)cc(NC(=O)CSc2ccc(Br)cn2)c1. The van der Waals surface area contributed by atoms with Crippen LogP contribution >= 0.6 is 27.7 Å². The summed E-state index contributed by atoms with van der Waals surface area (Å²) >= 11 is 4.75. The maximum atomic E-state index is 11.9. The number of thioether (sulfide) groups is 1. The second-order valence-electron chi connectivity index (χ2n) is 4.53. The van der Waals surface area contributed by atoms with E-state index in [1.807, 2.05) is 38.1 Å². The van der Waals surface area contributed by atoms with Crippen molar-refractivity contribution in [3.63, 3.8) is 0 Å². The Balaban J connectivity index is 1.90. The third-order valence-electron chi connectivity index (χ3n) is 2.56. The number of hydrogen-bond donors (Lipinski definition) is 1. The molecule has 0 bridgehead atoms. The van der Waals surface area contributed by atoms with Crippen LogP contribution in [-0.2, 0) is 4.79 Å². The molecule has 1 amide bonds. The van der Waals surface area contributed by atoms with Crippen molar-refractivity contribution >= 4 is 39.3 Å². The number of aromatic nitrogens is 1. The van der Waals surface area contributed by atoms with E-state index in [4.69, 9.17) is 0 Å². The molecule has 0 aliphatic rings. The topological polar surface area (TPSA) is 42.0 Å². The Morgan fingerprint density at radius 1 is 1.25 bits per heavy atom. The van der Waals surface area contributed by atoms with Crippen molar-refractivity contribution in [1.82, 2.24) is 4.98 Å².